The molecule has 3 aromatic rings. The van der Waals surface area contributed by atoms with E-state index in [4.69, 9.17) is 34.8 Å². The largest absolute Gasteiger partial charge is 0.319 e. The Labute approximate surface area is 147 Å². The summed E-state index contributed by atoms with van der Waals surface area (Å²) in [5.41, 5.74) is 2.04. The molecule has 2 aromatic carbocycles. The monoisotopic (exact) mass is 365 g/mol. The Kier molecular flexibility index (Phi) is 4.57. The van der Waals surface area contributed by atoms with Gasteiger partial charge in [0.2, 0.25) is 0 Å². The first-order chi connectivity index (χ1) is 11.0. The third-order valence-corrected chi connectivity index (χ3v) is 4.04. The maximum absolute atomic E-state index is 12.3. The van der Waals surface area contributed by atoms with Gasteiger partial charge in [0.05, 0.1) is 21.4 Å². The summed E-state index contributed by atoms with van der Waals surface area (Å²) < 4.78 is 0. The summed E-state index contributed by atoms with van der Waals surface area (Å²) >= 11 is 18.1. The van der Waals surface area contributed by atoms with Crippen LogP contribution >= 0.6 is 34.8 Å². The van der Waals surface area contributed by atoms with E-state index in [1.807, 2.05) is 18.2 Å². The molecule has 4 nitrogen and oxygen atoms in total. The van der Waals surface area contributed by atoms with Gasteiger partial charge in [0, 0.05) is 10.6 Å². The van der Waals surface area contributed by atoms with Crippen LogP contribution in [0.5, 0.6) is 0 Å². The van der Waals surface area contributed by atoms with Gasteiger partial charge in [-0.1, -0.05) is 53.0 Å². The zero-order chi connectivity index (χ0) is 16.4. The molecule has 0 bridgehead atoms. The second kappa shape index (κ2) is 6.62. The highest BCUT2D eigenvalue weighted by atomic mass is 35.5. The summed E-state index contributed by atoms with van der Waals surface area (Å²) in [5, 5.41) is 10.9. The van der Waals surface area contributed by atoms with Crippen LogP contribution in [-0.4, -0.2) is 16.1 Å². The standard InChI is InChI=1S/C16H10Cl3N3O/c17-9-5-6-12(19)14(7-9)20-16(23)15-8-13(21-22-15)10-3-1-2-4-11(10)18/h1-8H,(H,20,23)(H,21,22). The van der Waals surface area contributed by atoms with Crippen molar-refractivity contribution in [3.8, 4) is 11.3 Å². The first-order valence-electron chi connectivity index (χ1n) is 6.61. The summed E-state index contributed by atoms with van der Waals surface area (Å²) in [7, 11) is 0. The molecule has 0 spiro atoms. The lowest BCUT2D eigenvalue weighted by Crippen LogP contribution is -2.12. The lowest BCUT2D eigenvalue weighted by atomic mass is 10.1. The predicted octanol–water partition coefficient (Wildman–Crippen LogP) is 5.29. The van der Waals surface area contributed by atoms with E-state index < -0.39 is 0 Å². The van der Waals surface area contributed by atoms with Crippen molar-refractivity contribution in [2.75, 3.05) is 5.32 Å². The summed E-state index contributed by atoms with van der Waals surface area (Å²) in [6, 6.07) is 13.7. The average Bonchev–Trinajstić information content (AvgIpc) is 3.01. The molecule has 1 aromatic heterocycles. The Morgan fingerprint density at radius 1 is 1.00 bits per heavy atom. The van der Waals surface area contributed by atoms with Crippen molar-refractivity contribution >= 4 is 46.4 Å². The van der Waals surface area contributed by atoms with Crippen LogP contribution in [-0.2, 0) is 0 Å². The fourth-order valence-electron chi connectivity index (χ4n) is 2.03. The average molecular weight is 367 g/mol. The van der Waals surface area contributed by atoms with Crippen molar-refractivity contribution < 1.29 is 4.79 Å². The number of halogens is 3. The number of benzene rings is 2. The minimum Gasteiger partial charge on any atom is -0.319 e. The third-order valence-electron chi connectivity index (χ3n) is 3.15. The lowest BCUT2D eigenvalue weighted by molar-refractivity contribution is 0.102. The van der Waals surface area contributed by atoms with Crippen LogP contribution in [0.4, 0.5) is 5.69 Å². The topological polar surface area (TPSA) is 57.8 Å². The van der Waals surface area contributed by atoms with Crippen molar-refractivity contribution in [2.45, 2.75) is 0 Å². The molecule has 0 radical (unpaired) electrons. The summed E-state index contributed by atoms with van der Waals surface area (Å²) in [5.74, 6) is -0.375. The normalized spacial score (nSPS) is 10.6. The minimum absolute atomic E-state index is 0.288. The van der Waals surface area contributed by atoms with Crippen LogP contribution in [0.15, 0.2) is 48.5 Å². The number of H-pyrrole nitrogens is 1. The van der Waals surface area contributed by atoms with E-state index in [9.17, 15) is 4.79 Å². The molecule has 3 rings (SSSR count). The number of hydrogen-bond donors (Lipinski definition) is 2. The molecule has 1 amide bonds. The van der Waals surface area contributed by atoms with Crippen molar-refractivity contribution in [3.05, 3.63) is 69.3 Å². The summed E-state index contributed by atoms with van der Waals surface area (Å²) in [6.45, 7) is 0. The van der Waals surface area contributed by atoms with E-state index in [1.54, 1.807) is 30.3 Å². The van der Waals surface area contributed by atoms with Gasteiger partial charge in [0.1, 0.15) is 5.69 Å². The molecule has 0 saturated carbocycles. The van der Waals surface area contributed by atoms with Gasteiger partial charge in [0.25, 0.3) is 5.91 Å². The van der Waals surface area contributed by atoms with Crippen molar-refractivity contribution in [1.82, 2.24) is 10.2 Å². The molecule has 0 unspecified atom stereocenters. The first kappa shape index (κ1) is 15.9. The van der Waals surface area contributed by atoms with Gasteiger partial charge >= 0.3 is 0 Å². The van der Waals surface area contributed by atoms with Gasteiger partial charge in [-0.15, -0.1) is 0 Å². The molecule has 2 N–H and O–H groups in total. The molecule has 0 saturated heterocycles. The minimum atomic E-state index is -0.375. The van der Waals surface area contributed by atoms with Gasteiger partial charge in [-0.3, -0.25) is 9.89 Å². The SMILES string of the molecule is O=C(Nc1cc(Cl)ccc1Cl)c1cc(-c2ccccc2Cl)n[nH]1. The fraction of sp³-hybridized carbons (Fsp3) is 0. The molecule has 0 atom stereocenters. The number of carbonyl (C=O) groups is 1. The Morgan fingerprint density at radius 3 is 2.57 bits per heavy atom. The third kappa shape index (κ3) is 3.50. The number of rotatable bonds is 3. The number of carbonyl (C=O) groups excluding carboxylic acids is 1. The molecular formula is C16H10Cl3N3O. The van der Waals surface area contributed by atoms with E-state index in [0.717, 1.165) is 5.56 Å². The van der Waals surface area contributed by atoms with Gasteiger partial charge in [0.15, 0.2) is 0 Å². The van der Waals surface area contributed by atoms with Gasteiger partial charge < -0.3 is 5.32 Å². The molecular weight excluding hydrogens is 357 g/mol. The van der Waals surface area contributed by atoms with Crippen LogP contribution in [0.1, 0.15) is 10.5 Å². The van der Waals surface area contributed by atoms with E-state index in [2.05, 4.69) is 15.5 Å². The molecule has 116 valence electrons. The maximum atomic E-state index is 12.3. The molecule has 0 aliphatic heterocycles. The van der Waals surface area contributed by atoms with Crippen LogP contribution in [0, 0.1) is 0 Å². The predicted molar refractivity (Wildman–Crippen MR) is 93.4 cm³/mol. The van der Waals surface area contributed by atoms with E-state index in [1.165, 1.54) is 0 Å². The summed E-state index contributed by atoms with van der Waals surface area (Å²) in [6.07, 6.45) is 0. The molecule has 0 fully saturated rings. The lowest BCUT2D eigenvalue weighted by Gasteiger charge is -2.06. The molecule has 0 aliphatic carbocycles. The first-order valence-corrected chi connectivity index (χ1v) is 7.74. The molecule has 7 heteroatoms. The fourth-order valence-corrected chi connectivity index (χ4v) is 2.60. The smallest absolute Gasteiger partial charge is 0.273 e. The van der Waals surface area contributed by atoms with Gasteiger partial charge in [-0.2, -0.15) is 5.10 Å². The van der Waals surface area contributed by atoms with E-state index in [-0.39, 0.29) is 11.6 Å². The number of aromatic nitrogens is 2. The zero-order valence-corrected chi connectivity index (χ0v) is 13.9. The highest BCUT2D eigenvalue weighted by Crippen LogP contribution is 2.28. The molecule has 23 heavy (non-hydrogen) atoms. The Hall–Kier alpha value is -2.01. The van der Waals surface area contributed by atoms with Gasteiger partial charge in [-0.25, -0.2) is 0 Å². The van der Waals surface area contributed by atoms with E-state index in [0.29, 0.717) is 26.4 Å². The highest BCUT2D eigenvalue weighted by Gasteiger charge is 2.14. The molecule has 0 aliphatic rings. The maximum Gasteiger partial charge on any atom is 0.273 e. The number of amides is 1. The van der Waals surface area contributed by atoms with Crippen LogP contribution in [0.25, 0.3) is 11.3 Å². The number of nitrogens with zero attached hydrogens (tertiary/aromatic N) is 1. The Bertz CT molecular complexity index is 877. The zero-order valence-electron chi connectivity index (χ0n) is 11.6. The Balaban J connectivity index is 1.84. The van der Waals surface area contributed by atoms with E-state index >= 15 is 0 Å². The quantitative estimate of drug-likeness (QED) is 0.661. The van der Waals surface area contributed by atoms with Gasteiger partial charge in [-0.05, 0) is 30.3 Å². The number of nitrogens with one attached hydrogen (secondary N) is 2. The number of aromatic amines is 1. The second-order valence-electron chi connectivity index (χ2n) is 4.72. The summed E-state index contributed by atoms with van der Waals surface area (Å²) in [4.78, 5) is 12.3. The Morgan fingerprint density at radius 2 is 1.78 bits per heavy atom. The van der Waals surface area contributed by atoms with Crippen LogP contribution in [0.2, 0.25) is 15.1 Å². The van der Waals surface area contributed by atoms with Crippen molar-refractivity contribution in [3.63, 3.8) is 0 Å². The van der Waals surface area contributed by atoms with Crippen LogP contribution < -0.4 is 5.32 Å². The van der Waals surface area contributed by atoms with Crippen molar-refractivity contribution in [1.29, 1.82) is 0 Å². The number of anilines is 1. The molecule has 1 heterocycles. The number of hydrogen-bond acceptors (Lipinski definition) is 2. The second-order valence-corrected chi connectivity index (χ2v) is 5.98. The van der Waals surface area contributed by atoms with Crippen molar-refractivity contribution in [2.24, 2.45) is 0 Å². The van der Waals surface area contributed by atoms with Crippen LogP contribution in [0.3, 0.4) is 0 Å². The highest BCUT2D eigenvalue weighted by molar-refractivity contribution is 6.36.